The maximum Gasteiger partial charge on any atom is 0.223 e. The van der Waals surface area contributed by atoms with Crippen molar-refractivity contribution in [3.63, 3.8) is 0 Å². The van der Waals surface area contributed by atoms with Crippen LogP contribution in [-0.2, 0) is 17.9 Å². The van der Waals surface area contributed by atoms with E-state index in [4.69, 9.17) is 0 Å². The number of nitrogens with one attached hydrogen (secondary N) is 1. The molecule has 0 aromatic heterocycles. The summed E-state index contributed by atoms with van der Waals surface area (Å²) >= 11 is 0. The van der Waals surface area contributed by atoms with Crippen LogP contribution >= 0.6 is 0 Å². The van der Waals surface area contributed by atoms with Crippen LogP contribution in [0.3, 0.4) is 0 Å². The summed E-state index contributed by atoms with van der Waals surface area (Å²) in [5, 5.41) is 3.47. The second-order valence-corrected chi connectivity index (χ2v) is 8.09. The highest BCUT2D eigenvalue weighted by Crippen LogP contribution is 2.43. The number of carbonyl (C=O) groups is 1. The highest BCUT2D eigenvalue weighted by molar-refractivity contribution is 5.79. The third-order valence-electron chi connectivity index (χ3n) is 6.36. The Morgan fingerprint density at radius 3 is 2.43 bits per heavy atom. The molecule has 1 N–H and O–H groups in total. The number of likely N-dealkylation sites (tertiary alicyclic amines) is 1. The van der Waals surface area contributed by atoms with Crippen molar-refractivity contribution in [2.45, 2.75) is 63.2 Å². The maximum absolute atomic E-state index is 13.4. The van der Waals surface area contributed by atoms with Gasteiger partial charge < -0.3 is 10.2 Å². The molecule has 2 aromatic rings. The molecule has 1 saturated heterocycles. The van der Waals surface area contributed by atoms with E-state index in [2.05, 4.69) is 22.3 Å². The second kappa shape index (κ2) is 8.00. The van der Waals surface area contributed by atoms with E-state index in [1.807, 2.05) is 18.2 Å². The molecule has 0 bridgehead atoms. The van der Waals surface area contributed by atoms with E-state index in [1.54, 1.807) is 6.07 Å². The van der Waals surface area contributed by atoms with E-state index in [0.29, 0.717) is 25.6 Å². The van der Waals surface area contributed by atoms with Gasteiger partial charge in [-0.1, -0.05) is 36.4 Å². The molecule has 0 atom stereocenters. The predicted molar refractivity (Wildman–Crippen MR) is 104 cm³/mol. The number of halogens is 2. The van der Waals surface area contributed by atoms with Gasteiger partial charge in [-0.3, -0.25) is 4.79 Å². The van der Waals surface area contributed by atoms with Gasteiger partial charge in [-0.2, -0.15) is 0 Å². The van der Waals surface area contributed by atoms with Crippen molar-refractivity contribution in [3.05, 3.63) is 71.3 Å². The summed E-state index contributed by atoms with van der Waals surface area (Å²) in [5.74, 6) is -1.35. The first kappa shape index (κ1) is 19.1. The van der Waals surface area contributed by atoms with E-state index in [1.165, 1.54) is 17.7 Å². The van der Waals surface area contributed by atoms with Crippen molar-refractivity contribution in [3.8, 4) is 0 Å². The Morgan fingerprint density at radius 1 is 0.964 bits per heavy atom. The summed E-state index contributed by atoms with van der Waals surface area (Å²) in [4.78, 5) is 14.7. The molecule has 0 radical (unpaired) electrons. The Labute approximate surface area is 164 Å². The van der Waals surface area contributed by atoms with Gasteiger partial charge in [-0.15, -0.1) is 0 Å². The number of hydrogen-bond donors (Lipinski definition) is 1. The molecular formula is C23H26F2N2O. The molecule has 1 amide bonds. The molecule has 28 heavy (non-hydrogen) atoms. The van der Waals surface area contributed by atoms with Crippen molar-refractivity contribution in [2.24, 2.45) is 0 Å². The molecule has 4 rings (SSSR count). The average molecular weight is 384 g/mol. The molecule has 1 spiro atoms. The summed E-state index contributed by atoms with van der Waals surface area (Å²) in [6, 6.07) is 14.6. The van der Waals surface area contributed by atoms with Gasteiger partial charge >= 0.3 is 0 Å². The van der Waals surface area contributed by atoms with Crippen LogP contribution in [-0.4, -0.2) is 22.4 Å². The van der Waals surface area contributed by atoms with E-state index < -0.39 is 11.6 Å². The second-order valence-electron chi connectivity index (χ2n) is 8.09. The Balaban J connectivity index is 1.35. The fraction of sp³-hybridized carbons (Fsp3) is 0.435. The Morgan fingerprint density at radius 2 is 1.71 bits per heavy atom. The average Bonchev–Trinajstić information content (AvgIpc) is 3.01. The van der Waals surface area contributed by atoms with Crippen molar-refractivity contribution in [1.29, 1.82) is 0 Å². The van der Waals surface area contributed by atoms with Crippen molar-refractivity contribution >= 4 is 5.91 Å². The minimum Gasteiger partial charge on any atom is -0.333 e. The lowest BCUT2D eigenvalue weighted by molar-refractivity contribution is -0.133. The summed E-state index contributed by atoms with van der Waals surface area (Å²) in [6.45, 7) is 1.22. The zero-order chi connectivity index (χ0) is 19.6. The summed E-state index contributed by atoms with van der Waals surface area (Å²) in [7, 11) is 0. The fourth-order valence-corrected chi connectivity index (χ4v) is 4.69. The molecule has 2 aliphatic rings. The monoisotopic (exact) mass is 384 g/mol. The molecule has 148 valence electrons. The van der Waals surface area contributed by atoms with Gasteiger partial charge in [0.05, 0.1) is 0 Å². The molecule has 1 saturated carbocycles. The maximum atomic E-state index is 13.4. The normalized spacial score (nSPS) is 24.9. The van der Waals surface area contributed by atoms with Gasteiger partial charge in [0.2, 0.25) is 5.91 Å². The van der Waals surface area contributed by atoms with E-state index in [0.717, 1.165) is 37.7 Å². The summed E-state index contributed by atoms with van der Waals surface area (Å²) < 4.78 is 26.4. The fourth-order valence-electron chi connectivity index (χ4n) is 4.69. The first-order valence-electron chi connectivity index (χ1n) is 10.1. The largest absolute Gasteiger partial charge is 0.333 e. The van der Waals surface area contributed by atoms with E-state index >= 15 is 0 Å². The number of hydrogen-bond acceptors (Lipinski definition) is 2. The van der Waals surface area contributed by atoms with Gasteiger partial charge in [0, 0.05) is 31.1 Å². The Kier molecular flexibility index (Phi) is 5.44. The molecule has 2 aromatic carbocycles. The van der Waals surface area contributed by atoms with Gasteiger partial charge in [-0.05, 0) is 55.4 Å². The molecule has 5 heteroatoms. The lowest BCUT2D eigenvalue weighted by Crippen LogP contribution is -2.50. The Bertz CT molecular complexity index is 832. The molecule has 1 aliphatic heterocycles. The first-order chi connectivity index (χ1) is 13.6. The molecule has 1 aliphatic carbocycles. The molecule has 2 fully saturated rings. The molecular weight excluding hydrogens is 358 g/mol. The number of nitrogens with zero attached hydrogens (tertiary/aromatic N) is 1. The van der Waals surface area contributed by atoms with Crippen LogP contribution in [0.4, 0.5) is 8.78 Å². The van der Waals surface area contributed by atoms with Crippen LogP contribution in [0.1, 0.15) is 49.7 Å². The Hall–Kier alpha value is -2.27. The van der Waals surface area contributed by atoms with E-state index in [9.17, 15) is 13.6 Å². The van der Waals surface area contributed by atoms with E-state index in [-0.39, 0.29) is 11.4 Å². The van der Waals surface area contributed by atoms with Gasteiger partial charge in [0.15, 0.2) is 11.6 Å². The quantitative estimate of drug-likeness (QED) is 0.820. The zero-order valence-electron chi connectivity index (χ0n) is 16.0. The van der Waals surface area contributed by atoms with Crippen LogP contribution in [0.5, 0.6) is 0 Å². The third-order valence-corrected chi connectivity index (χ3v) is 6.36. The summed E-state index contributed by atoms with van der Waals surface area (Å²) in [5.41, 5.74) is 1.91. The predicted octanol–water partition coefficient (Wildman–Crippen LogP) is 4.56. The minimum atomic E-state index is -0.812. The van der Waals surface area contributed by atoms with Crippen LogP contribution in [0.15, 0.2) is 48.5 Å². The summed E-state index contributed by atoms with van der Waals surface area (Å²) in [6.07, 6.45) is 5.53. The highest BCUT2D eigenvalue weighted by Gasteiger charge is 2.46. The lowest BCUT2D eigenvalue weighted by Gasteiger charge is -2.44. The topological polar surface area (TPSA) is 32.3 Å². The SMILES string of the molecule is O=C1CCC2(CCC(NCc3ccc(F)c(F)c3)CC2)N1Cc1ccccc1. The smallest absolute Gasteiger partial charge is 0.223 e. The minimum absolute atomic E-state index is 0.0207. The molecule has 3 nitrogen and oxygen atoms in total. The number of carbonyl (C=O) groups excluding carboxylic acids is 1. The van der Waals surface area contributed by atoms with Crippen LogP contribution in [0, 0.1) is 11.6 Å². The van der Waals surface area contributed by atoms with Gasteiger partial charge in [0.25, 0.3) is 0 Å². The van der Waals surface area contributed by atoms with Crippen LogP contribution in [0.25, 0.3) is 0 Å². The number of benzene rings is 2. The van der Waals surface area contributed by atoms with Crippen LogP contribution < -0.4 is 5.32 Å². The number of rotatable bonds is 5. The highest BCUT2D eigenvalue weighted by atomic mass is 19.2. The van der Waals surface area contributed by atoms with Gasteiger partial charge in [0.1, 0.15) is 0 Å². The lowest BCUT2D eigenvalue weighted by atomic mass is 9.77. The number of amides is 1. The van der Waals surface area contributed by atoms with Gasteiger partial charge in [-0.25, -0.2) is 8.78 Å². The van der Waals surface area contributed by atoms with Crippen molar-refractivity contribution in [1.82, 2.24) is 10.2 Å². The van der Waals surface area contributed by atoms with Crippen molar-refractivity contribution in [2.75, 3.05) is 0 Å². The molecule has 1 heterocycles. The zero-order valence-corrected chi connectivity index (χ0v) is 16.0. The molecule has 0 unspecified atom stereocenters. The third kappa shape index (κ3) is 3.95. The van der Waals surface area contributed by atoms with Crippen molar-refractivity contribution < 1.29 is 13.6 Å². The van der Waals surface area contributed by atoms with Crippen LogP contribution in [0.2, 0.25) is 0 Å². The standard InChI is InChI=1S/C23H26F2N2O/c24-20-7-6-18(14-21(20)25)15-26-19-8-11-23(12-9-19)13-10-22(28)27(23)16-17-4-2-1-3-5-17/h1-7,14,19,26H,8-13,15-16H2. The first-order valence-corrected chi connectivity index (χ1v) is 10.1.